The van der Waals surface area contributed by atoms with Crippen LogP contribution in [-0.2, 0) is 4.84 Å². The van der Waals surface area contributed by atoms with E-state index >= 15 is 0 Å². The number of amides is 1. The molecule has 0 atom stereocenters. The Morgan fingerprint density at radius 3 is 2.19 bits per heavy atom. The van der Waals surface area contributed by atoms with Crippen LogP contribution in [0.1, 0.15) is 10.4 Å². The minimum Gasteiger partial charge on any atom is -0.493 e. The first kappa shape index (κ1) is 16.9. The minimum absolute atomic E-state index is 0.0185. The van der Waals surface area contributed by atoms with Gasteiger partial charge in [0.2, 0.25) is 5.75 Å². The molecule has 0 saturated carbocycles. The maximum absolute atomic E-state index is 11.9. The molecule has 0 radical (unpaired) electrons. The number of nitrogens with one attached hydrogen (secondary N) is 1. The van der Waals surface area contributed by atoms with Crippen LogP contribution in [-0.4, -0.2) is 40.0 Å². The van der Waals surface area contributed by atoms with Crippen molar-refractivity contribution in [2.24, 2.45) is 0 Å². The van der Waals surface area contributed by atoms with Gasteiger partial charge in [-0.25, -0.2) is 5.48 Å². The van der Waals surface area contributed by atoms with Gasteiger partial charge in [0.05, 0.1) is 26.9 Å². The van der Waals surface area contributed by atoms with Crippen molar-refractivity contribution in [3.63, 3.8) is 0 Å². The van der Waals surface area contributed by atoms with Gasteiger partial charge in [-0.3, -0.25) is 9.63 Å². The first-order chi connectivity index (χ1) is 9.84. The molecule has 0 spiro atoms. The topological polar surface area (TPSA) is 66.0 Å². The second-order valence-electron chi connectivity index (χ2n) is 3.72. The van der Waals surface area contributed by atoms with Crippen molar-refractivity contribution in [2.45, 2.75) is 6.18 Å². The van der Waals surface area contributed by atoms with Crippen LogP contribution < -0.4 is 19.7 Å². The first-order valence-electron chi connectivity index (χ1n) is 5.62. The molecule has 1 N–H and O–H groups in total. The highest BCUT2D eigenvalue weighted by Gasteiger charge is 2.29. The predicted octanol–water partition coefficient (Wildman–Crippen LogP) is 1.94. The van der Waals surface area contributed by atoms with Crippen molar-refractivity contribution >= 4 is 5.91 Å². The second-order valence-corrected chi connectivity index (χ2v) is 3.72. The van der Waals surface area contributed by atoms with Crippen LogP contribution in [0.25, 0.3) is 0 Å². The minimum atomic E-state index is -4.55. The van der Waals surface area contributed by atoms with Gasteiger partial charge in [0, 0.05) is 0 Å². The highest BCUT2D eigenvalue weighted by molar-refractivity contribution is 5.97. The molecule has 0 bridgehead atoms. The number of hydrogen-bond acceptors (Lipinski definition) is 5. The summed E-state index contributed by atoms with van der Waals surface area (Å²) in [5.74, 6) is -0.437. The molecule has 0 fully saturated rings. The summed E-state index contributed by atoms with van der Waals surface area (Å²) in [5, 5.41) is 0. The second kappa shape index (κ2) is 7.02. The highest BCUT2D eigenvalue weighted by Crippen LogP contribution is 2.39. The van der Waals surface area contributed by atoms with Gasteiger partial charge in [-0.15, -0.1) is 0 Å². The molecular formula is C12H14F3NO5. The average molecular weight is 309 g/mol. The van der Waals surface area contributed by atoms with Gasteiger partial charge < -0.3 is 14.2 Å². The lowest BCUT2D eigenvalue weighted by atomic mass is 10.1. The van der Waals surface area contributed by atoms with Crippen molar-refractivity contribution in [1.29, 1.82) is 0 Å². The van der Waals surface area contributed by atoms with Gasteiger partial charge >= 0.3 is 6.18 Å². The Balaban J connectivity index is 2.94. The number of hydroxylamine groups is 1. The maximum Gasteiger partial charge on any atom is 0.414 e. The van der Waals surface area contributed by atoms with E-state index in [1.54, 1.807) is 5.48 Å². The summed E-state index contributed by atoms with van der Waals surface area (Å²) in [7, 11) is 4.01. The molecule has 1 aromatic carbocycles. The number of methoxy groups -OCH3 is 3. The van der Waals surface area contributed by atoms with Crippen molar-refractivity contribution in [3.05, 3.63) is 17.7 Å². The zero-order chi connectivity index (χ0) is 16.0. The van der Waals surface area contributed by atoms with E-state index < -0.39 is 18.7 Å². The summed E-state index contributed by atoms with van der Waals surface area (Å²) in [6.45, 7) is -1.60. The summed E-state index contributed by atoms with van der Waals surface area (Å²) < 4.78 is 50.9. The van der Waals surface area contributed by atoms with E-state index in [4.69, 9.17) is 14.2 Å². The summed E-state index contributed by atoms with van der Waals surface area (Å²) in [6.07, 6.45) is -4.55. The highest BCUT2D eigenvalue weighted by atomic mass is 19.4. The Morgan fingerprint density at radius 2 is 1.71 bits per heavy atom. The molecule has 0 heterocycles. The average Bonchev–Trinajstić information content (AvgIpc) is 2.43. The van der Waals surface area contributed by atoms with Gasteiger partial charge in [-0.2, -0.15) is 13.2 Å². The van der Waals surface area contributed by atoms with E-state index in [0.717, 1.165) is 0 Å². The van der Waals surface area contributed by atoms with Gasteiger partial charge in [0.1, 0.15) is 0 Å². The summed E-state index contributed by atoms with van der Waals surface area (Å²) in [6, 6.07) is 2.73. The van der Waals surface area contributed by atoms with E-state index in [9.17, 15) is 18.0 Å². The number of rotatable bonds is 6. The van der Waals surface area contributed by atoms with E-state index in [-0.39, 0.29) is 17.1 Å². The molecule has 0 saturated heterocycles. The van der Waals surface area contributed by atoms with E-state index in [0.29, 0.717) is 5.75 Å². The summed E-state index contributed by atoms with van der Waals surface area (Å²) >= 11 is 0. The van der Waals surface area contributed by atoms with Crippen LogP contribution in [0.3, 0.4) is 0 Å². The fraction of sp³-hybridized carbons (Fsp3) is 0.417. The molecule has 0 aliphatic carbocycles. The van der Waals surface area contributed by atoms with E-state index in [1.165, 1.54) is 33.5 Å². The quantitative estimate of drug-likeness (QED) is 0.814. The predicted molar refractivity (Wildman–Crippen MR) is 65.6 cm³/mol. The van der Waals surface area contributed by atoms with Gasteiger partial charge in [0.15, 0.2) is 18.1 Å². The number of carbonyl (C=O) groups excluding carboxylic acids is 1. The SMILES string of the molecule is COc1ccc(C(=O)NOCC(F)(F)F)c(OC)c1OC. The molecule has 1 aromatic rings. The van der Waals surface area contributed by atoms with Crippen LogP contribution in [0, 0.1) is 0 Å². The Kier molecular flexibility index (Phi) is 5.65. The van der Waals surface area contributed by atoms with Crippen LogP contribution in [0.4, 0.5) is 13.2 Å². The largest absolute Gasteiger partial charge is 0.493 e. The first-order valence-corrected chi connectivity index (χ1v) is 5.62. The van der Waals surface area contributed by atoms with E-state index in [1.807, 2.05) is 0 Å². The Morgan fingerprint density at radius 1 is 1.10 bits per heavy atom. The zero-order valence-electron chi connectivity index (χ0n) is 11.5. The number of alkyl halides is 3. The third-order valence-electron chi connectivity index (χ3n) is 2.35. The molecule has 0 aromatic heterocycles. The summed E-state index contributed by atoms with van der Waals surface area (Å²) in [5.41, 5.74) is 1.63. The maximum atomic E-state index is 11.9. The molecule has 118 valence electrons. The van der Waals surface area contributed by atoms with Crippen LogP contribution >= 0.6 is 0 Å². The molecule has 1 amide bonds. The molecule has 6 nitrogen and oxygen atoms in total. The van der Waals surface area contributed by atoms with Crippen molar-refractivity contribution < 1.29 is 37.0 Å². The Labute approximate surface area is 118 Å². The molecule has 0 aliphatic heterocycles. The fourth-order valence-corrected chi connectivity index (χ4v) is 1.52. The number of ether oxygens (including phenoxy) is 3. The molecule has 9 heteroatoms. The van der Waals surface area contributed by atoms with Gasteiger partial charge in [-0.05, 0) is 12.1 Å². The molecule has 0 aliphatic rings. The smallest absolute Gasteiger partial charge is 0.414 e. The normalized spacial score (nSPS) is 11.0. The third kappa shape index (κ3) is 4.42. The Bertz CT molecular complexity index is 504. The number of halogens is 3. The van der Waals surface area contributed by atoms with Crippen molar-refractivity contribution in [3.8, 4) is 17.2 Å². The van der Waals surface area contributed by atoms with Crippen LogP contribution in [0.2, 0.25) is 0 Å². The lowest BCUT2D eigenvalue weighted by molar-refractivity contribution is -0.184. The zero-order valence-corrected chi connectivity index (χ0v) is 11.5. The van der Waals surface area contributed by atoms with Gasteiger partial charge in [-0.1, -0.05) is 0 Å². The molecular weight excluding hydrogens is 295 g/mol. The van der Waals surface area contributed by atoms with Crippen LogP contribution in [0.5, 0.6) is 17.2 Å². The van der Waals surface area contributed by atoms with Gasteiger partial charge in [0.25, 0.3) is 5.91 Å². The van der Waals surface area contributed by atoms with Crippen molar-refractivity contribution in [1.82, 2.24) is 5.48 Å². The molecule has 1 rings (SSSR count). The van der Waals surface area contributed by atoms with Crippen LogP contribution in [0.15, 0.2) is 12.1 Å². The van der Waals surface area contributed by atoms with Crippen molar-refractivity contribution in [2.75, 3.05) is 27.9 Å². The monoisotopic (exact) mass is 309 g/mol. The third-order valence-corrected chi connectivity index (χ3v) is 2.35. The number of carbonyl (C=O) groups is 1. The number of benzene rings is 1. The molecule has 0 unspecified atom stereocenters. The molecule has 21 heavy (non-hydrogen) atoms. The lowest BCUT2D eigenvalue weighted by Crippen LogP contribution is -2.29. The Hall–Kier alpha value is -2.16. The summed E-state index contributed by atoms with van der Waals surface area (Å²) in [4.78, 5) is 15.9. The lowest BCUT2D eigenvalue weighted by Gasteiger charge is -2.15. The number of hydrogen-bond donors (Lipinski definition) is 1. The standard InChI is InChI=1S/C12H14F3NO5/c1-18-8-5-4-7(9(19-2)10(8)20-3)11(17)16-21-6-12(13,14)15/h4-5H,6H2,1-3H3,(H,16,17). The fourth-order valence-electron chi connectivity index (χ4n) is 1.52. The van der Waals surface area contributed by atoms with E-state index in [2.05, 4.69) is 4.84 Å².